The first-order valence-corrected chi connectivity index (χ1v) is 36.3. The van der Waals surface area contributed by atoms with Crippen molar-refractivity contribution in [2.24, 2.45) is 56.8 Å². The lowest BCUT2D eigenvalue weighted by atomic mass is 9.82. The number of carbonyl (C=O) groups is 3. The largest absolute Gasteiger partial charge is 0.463 e. The van der Waals surface area contributed by atoms with Gasteiger partial charge in [-0.15, -0.1) is 12.3 Å². The Morgan fingerprint density at radius 1 is 0.390 bits per heavy atom. The van der Waals surface area contributed by atoms with E-state index in [0.29, 0.717) is 19.4 Å². The summed E-state index contributed by atoms with van der Waals surface area (Å²) >= 11 is 0. The Kier molecular flexibility index (Phi) is 31.0. The fourth-order valence-electron chi connectivity index (χ4n) is 14.6. The van der Waals surface area contributed by atoms with Gasteiger partial charge in [0.25, 0.3) is 0 Å². The number of hydrogen-bond donors (Lipinski definition) is 0. The van der Waals surface area contributed by atoms with Crippen LogP contribution in [0.2, 0.25) is 0 Å². The van der Waals surface area contributed by atoms with Crippen LogP contribution in [0.1, 0.15) is 120 Å². The van der Waals surface area contributed by atoms with Crippen molar-refractivity contribution in [3.63, 3.8) is 0 Å². The minimum absolute atomic E-state index is 0.0533. The van der Waals surface area contributed by atoms with E-state index in [2.05, 4.69) is 36.0 Å². The topological polar surface area (TPSA) is 364 Å². The SMILES string of the molecule is C#CCCCO[C@@H]1OC(C)[C@H](O[C@@H]2OC(COC(C)=O)[C@@H](O[C@@H]3OC(C)[C@@H](O[C@@H]4OC(COC(C)=O)[C@@H](O[C@@H]5OC(C)[C@@H](O[C@@H]6OC(COC(C)=O)[C@@H](C)[C@H](C)C6N=[N+]=[N-])[C@@H](OCc6ccccc6)C5C)[C@H](C)C4N=[N+]=[N-])[C@@H](OCc4ccccc4)C3C)[C@H](C)C2N=[N+]=[N-])[C@@H](OCc2ccccc2)C1C. The summed E-state index contributed by atoms with van der Waals surface area (Å²) in [6.45, 7) is 22.7. The molecule has 6 saturated heterocycles. The van der Waals surface area contributed by atoms with Gasteiger partial charge in [0.05, 0.1) is 99.5 Å². The van der Waals surface area contributed by atoms with Crippen molar-refractivity contribution in [2.75, 3.05) is 26.4 Å². The molecular formula is C75H103N9O21. The smallest absolute Gasteiger partial charge is 0.302 e. The first-order chi connectivity index (χ1) is 50.5. The van der Waals surface area contributed by atoms with Crippen LogP contribution in [0.3, 0.4) is 0 Å². The Labute approximate surface area is 613 Å². The van der Waals surface area contributed by atoms with Gasteiger partial charge in [0.2, 0.25) is 0 Å². The summed E-state index contributed by atoms with van der Waals surface area (Å²) in [4.78, 5) is 47.2. The van der Waals surface area contributed by atoms with E-state index in [-0.39, 0.29) is 57.4 Å². The maximum atomic E-state index is 12.8. The van der Waals surface area contributed by atoms with Gasteiger partial charge >= 0.3 is 17.9 Å². The Balaban J connectivity index is 0.967. The highest BCUT2D eigenvalue weighted by molar-refractivity contribution is 5.66. The van der Waals surface area contributed by atoms with Gasteiger partial charge in [0, 0.05) is 59.7 Å². The molecule has 30 nitrogen and oxygen atoms in total. The van der Waals surface area contributed by atoms with Gasteiger partial charge in [-0.25, -0.2) is 0 Å². The summed E-state index contributed by atoms with van der Waals surface area (Å²) < 4.78 is 119. The minimum atomic E-state index is -1.35. The van der Waals surface area contributed by atoms with Crippen LogP contribution >= 0.6 is 0 Å². The van der Waals surface area contributed by atoms with Gasteiger partial charge in [-0.2, -0.15) is 0 Å². The van der Waals surface area contributed by atoms with E-state index in [1.807, 2.05) is 146 Å². The first-order valence-electron chi connectivity index (χ1n) is 36.3. The molecule has 30 heteroatoms. The molecule has 9 rings (SSSR count). The molecule has 574 valence electrons. The summed E-state index contributed by atoms with van der Waals surface area (Å²) in [5.74, 6) is -2.64. The summed E-state index contributed by atoms with van der Waals surface area (Å²) in [7, 11) is 0. The third-order valence-electron chi connectivity index (χ3n) is 20.8. The van der Waals surface area contributed by atoms with Crippen molar-refractivity contribution < 1.29 is 99.6 Å². The molecular weight excluding hydrogens is 1360 g/mol. The fraction of sp³-hybridized carbons (Fsp3) is 0.693. The van der Waals surface area contributed by atoms with Crippen LogP contribution < -0.4 is 0 Å². The quantitative estimate of drug-likeness (QED) is 0.0107. The molecule has 3 aromatic rings. The Bertz CT molecular complexity index is 3430. The highest BCUT2D eigenvalue weighted by Gasteiger charge is 2.57. The Hall–Kier alpha value is -7.04. The normalized spacial score (nSPS) is 37.6. The Morgan fingerprint density at radius 3 is 1.05 bits per heavy atom. The number of ether oxygens (including phenoxy) is 18. The van der Waals surface area contributed by atoms with Crippen molar-refractivity contribution in [3.05, 3.63) is 139 Å². The van der Waals surface area contributed by atoms with Crippen LogP contribution in [0.4, 0.5) is 0 Å². The number of hydrogen-bond acceptors (Lipinski definition) is 24. The second-order valence-corrected chi connectivity index (χ2v) is 28.2. The third kappa shape index (κ3) is 21.4. The van der Waals surface area contributed by atoms with Crippen molar-refractivity contribution in [2.45, 2.75) is 264 Å². The number of unbranched alkanes of at least 4 members (excludes halogenated alkanes) is 1. The van der Waals surface area contributed by atoms with Crippen LogP contribution in [-0.4, -0.2) is 186 Å². The predicted molar refractivity (Wildman–Crippen MR) is 375 cm³/mol. The molecule has 0 aromatic heterocycles. The summed E-state index contributed by atoms with van der Waals surface area (Å²) in [5, 5.41) is 12.7. The lowest BCUT2D eigenvalue weighted by molar-refractivity contribution is -0.370. The number of terminal acetylenes is 1. The highest BCUT2D eigenvalue weighted by atomic mass is 16.8. The molecule has 0 bridgehead atoms. The van der Waals surface area contributed by atoms with Gasteiger partial charge in [-0.1, -0.05) is 155 Å². The Morgan fingerprint density at radius 2 is 0.705 bits per heavy atom. The van der Waals surface area contributed by atoms with E-state index in [9.17, 15) is 31.0 Å². The van der Waals surface area contributed by atoms with Crippen LogP contribution in [-0.2, 0) is 119 Å². The van der Waals surface area contributed by atoms with E-state index in [1.165, 1.54) is 20.8 Å². The van der Waals surface area contributed by atoms with Gasteiger partial charge < -0.3 is 85.3 Å². The van der Waals surface area contributed by atoms with Crippen LogP contribution in [0, 0.1) is 53.8 Å². The van der Waals surface area contributed by atoms with E-state index >= 15 is 0 Å². The van der Waals surface area contributed by atoms with Crippen molar-refractivity contribution in [3.8, 4) is 12.3 Å². The van der Waals surface area contributed by atoms with Crippen LogP contribution in [0.5, 0.6) is 0 Å². The predicted octanol–water partition coefficient (Wildman–Crippen LogP) is 11.7. The van der Waals surface area contributed by atoms with Gasteiger partial charge in [0.15, 0.2) is 37.7 Å². The second kappa shape index (κ2) is 39.7. The van der Waals surface area contributed by atoms with E-state index in [0.717, 1.165) is 16.7 Å². The molecule has 30 atom stereocenters. The number of benzene rings is 3. The highest BCUT2D eigenvalue weighted by Crippen LogP contribution is 2.44. The maximum absolute atomic E-state index is 12.8. The number of rotatable bonds is 32. The zero-order valence-corrected chi connectivity index (χ0v) is 62.0. The monoisotopic (exact) mass is 1470 g/mol. The maximum Gasteiger partial charge on any atom is 0.302 e. The molecule has 0 aliphatic carbocycles. The molecule has 0 saturated carbocycles. The lowest BCUT2D eigenvalue weighted by Crippen LogP contribution is -2.64. The average Bonchev–Trinajstić information content (AvgIpc) is 0.769. The average molecular weight is 1470 g/mol. The number of azide groups is 3. The molecule has 0 radical (unpaired) electrons. The third-order valence-corrected chi connectivity index (χ3v) is 20.8. The zero-order valence-electron chi connectivity index (χ0n) is 62.0. The molecule has 6 aliphatic heterocycles. The summed E-state index contributed by atoms with van der Waals surface area (Å²) in [6.07, 6.45) is -11.8. The van der Waals surface area contributed by atoms with E-state index < -0.39 is 183 Å². The first kappa shape index (κ1) is 82.0. The van der Waals surface area contributed by atoms with Crippen molar-refractivity contribution in [1.29, 1.82) is 0 Å². The van der Waals surface area contributed by atoms with Gasteiger partial charge in [-0.3, -0.25) is 14.4 Å². The zero-order chi connectivity index (χ0) is 75.4. The molecule has 0 amide bonds. The second-order valence-electron chi connectivity index (χ2n) is 28.2. The standard InChI is InChI=1S/C75H103N9O21/c1-15-16-26-33-88-70-44(6)64(92-34-53-27-20-17-21-28-53)67(47(9)95-70)104-74-60(80-83-77)42(4)62(57(99-74)38-90-51(13)86)102-72-46(8)66(94-36-55-31-24-19-25-32-55)69(49(11)97-72)105-75-61(81-84-78)43(5)63(58(100-75)39-91-52(14)87)101-71-45(7)65(93-35-54-29-22-18-23-30-54)68(48(10)96-71)103-73-59(79-82-76)41(3)40(2)56(98-73)37-89-50(12)85/h1,17-25,27-32,40-49,56-75H,16,26,33-39H2,2-14H3/t40-,41-,42+,43+,44?,45?,46?,47?,48?,49?,56?,57?,58?,59?,60?,61?,62-,63-,64-,65-,66-,67-,68+,69+,70+,71-,72-,73-,74-,75-/m0/s1. The molecule has 105 heavy (non-hydrogen) atoms. The van der Waals surface area contributed by atoms with Crippen LogP contribution in [0.15, 0.2) is 106 Å². The number of carbonyl (C=O) groups excluding carboxylic acids is 3. The summed E-state index contributed by atoms with van der Waals surface area (Å²) in [5.41, 5.74) is 33.1. The lowest BCUT2D eigenvalue weighted by Gasteiger charge is -2.52. The number of esters is 3. The molecule has 12 unspecified atom stereocenters. The van der Waals surface area contributed by atoms with Gasteiger partial charge in [0.1, 0.15) is 50.3 Å². The van der Waals surface area contributed by atoms with Crippen LogP contribution in [0.25, 0.3) is 31.3 Å². The minimum Gasteiger partial charge on any atom is -0.463 e. The molecule has 6 heterocycles. The van der Waals surface area contributed by atoms with E-state index in [4.69, 9.17) is 91.7 Å². The molecule has 0 spiro atoms. The molecule has 6 fully saturated rings. The molecule has 0 N–H and O–H groups in total. The summed E-state index contributed by atoms with van der Waals surface area (Å²) in [6, 6.07) is 25.8. The van der Waals surface area contributed by atoms with Crippen molar-refractivity contribution >= 4 is 17.9 Å². The van der Waals surface area contributed by atoms with Gasteiger partial charge in [-0.05, 0) is 84.1 Å². The number of nitrogens with zero attached hydrogens (tertiary/aromatic N) is 9. The van der Waals surface area contributed by atoms with Crippen molar-refractivity contribution in [1.82, 2.24) is 0 Å². The van der Waals surface area contributed by atoms with E-state index in [1.54, 1.807) is 13.8 Å². The molecule has 3 aromatic carbocycles. The molecule has 6 aliphatic rings. The fourth-order valence-corrected chi connectivity index (χ4v) is 14.6.